The van der Waals surface area contributed by atoms with E-state index in [0.717, 1.165) is 42.7 Å². The highest BCUT2D eigenvalue weighted by Crippen LogP contribution is 2.26. The van der Waals surface area contributed by atoms with Gasteiger partial charge >= 0.3 is 12.0 Å². The molecule has 0 bridgehead atoms. The Morgan fingerprint density at radius 3 is 1.97 bits per heavy atom. The monoisotopic (exact) mass is 408 g/mol. The quantitative estimate of drug-likeness (QED) is 0.655. The zero-order valence-electron chi connectivity index (χ0n) is 17.5. The van der Waals surface area contributed by atoms with Gasteiger partial charge in [-0.2, -0.15) is 0 Å². The fourth-order valence-electron chi connectivity index (χ4n) is 3.47. The zero-order valence-corrected chi connectivity index (χ0v) is 17.5. The summed E-state index contributed by atoms with van der Waals surface area (Å²) >= 11 is 0. The van der Waals surface area contributed by atoms with Gasteiger partial charge in [-0.1, -0.05) is 36.4 Å². The number of benzene rings is 2. The van der Waals surface area contributed by atoms with Crippen molar-refractivity contribution in [2.45, 2.75) is 39.5 Å². The van der Waals surface area contributed by atoms with Crippen LogP contribution in [0, 0.1) is 5.41 Å². The second-order valence-corrected chi connectivity index (χ2v) is 8.42. The fraction of sp³-hybridized carbons (Fsp3) is 0.375. The van der Waals surface area contributed by atoms with Gasteiger partial charge in [-0.25, -0.2) is 4.79 Å². The van der Waals surface area contributed by atoms with Gasteiger partial charge in [0.05, 0.1) is 5.41 Å². The maximum absolute atomic E-state index is 12.4. The zero-order chi connectivity index (χ0) is 21.7. The molecular weight excluding hydrogens is 380 g/mol. The lowest BCUT2D eigenvalue weighted by atomic mass is 9.85. The molecule has 3 rings (SSSR count). The molecule has 158 valence electrons. The van der Waals surface area contributed by atoms with Crippen molar-refractivity contribution in [3.8, 4) is 11.1 Å². The lowest BCUT2D eigenvalue weighted by Gasteiger charge is -2.26. The van der Waals surface area contributed by atoms with Crippen molar-refractivity contribution in [2.24, 2.45) is 5.41 Å². The van der Waals surface area contributed by atoms with Gasteiger partial charge in [-0.15, -0.1) is 0 Å². The Bertz CT molecular complexity index is 911. The molecule has 0 spiro atoms. The third-order valence-electron chi connectivity index (χ3n) is 5.50. The molecule has 1 aliphatic rings. The second-order valence-electron chi connectivity index (χ2n) is 8.42. The Balaban J connectivity index is 1.63. The van der Waals surface area contributed by atoms with E-state index in [1.54, 1.807) is 26.0 Å². The molecule has 0 saturated carbocycles. The molecule has 0 radical (unpaired) electrons. The maximum atomic E-state index is 12.4. The number of hydrogen-bond donors (Lipinski definition) is 2. The first kappa shape index (κ1) is 21.6. The highest BCUT2D eigenvalue weighted by atomic mass is 16.4. The summed E-state index contributed by atoms with van der Waals surface area (Å²) in [4.78, 5) is 37.8. The van der Waals surface area contributed by atoms with Crippen molar-refractivity contribution in [1.82, 2.24) is 4.90 Å². The number of likely N-dealkylation sites (tertiary alicyclic amines) is 1. The van der Waals surface area contributed by atoms with E-state index in [-0.39, 0.29) is 18.2 Å². The Morgan fingerprint density at radius 1 is 0.900 bits per heavy atom. The van der Waals surface area contributed by atoms with Gasteiger partial charge in [0.1, 0.15) is 0 Å². The van der Waals surface area contributed by atoms with Crippen molar-refractivity contribution >= 4 is 23.5 Å². The molecule has 2 aromatic carbocycles. The van der Waals surface area contributed by atoms with E-state index in [4.69, 9.17) is 0 Å². The standard InChI is InChI=1S/C24H28N2O4/c1-24(2,22(28)29)16-21(27)19-8-6-17(7-9-19)18-10-12-20(13-11-18)25-23(30)26-14-4-3-5-15-26/h6-13H,3-5,14-16H2,1-2H3,(H,25,30)(H,28,29). The van der Waals surface area contributed by atoms with Crippen LogP contribution in [0.4, 0.5) is 10.5 Å². The Kier molecular flexibility index (Phi) is 6.55. The molecule has 2 amide bonds. The highest BCUT2D eigenvalue weighted by molar-refractivity contribution is 5.99. The summed E-state index contributed by atoms with van der Waals surface area (Å²) in [5.41, 5.74) is 2.06. The van der Waals surface area contributed by atoms with Crippen molar-refractivity contribution in [2.75, 3.05) is 18.4 Å². The summed E-state index contributed by atoms with van der Waals surface area (Å²) in [6.07, 6.45) is 3.24. The number of carboxylic acid groups (broad SMARTS) is 1. The molecule has 6 heteroatoms. The van der Waals surface area contributed by atoms with Crippen LogP contribution in [0.5, 0.6) is 0 Å². The second kappa shape index (κ2) is 9.11. The van der Waals surface area contributed by atoms with E-state index >= 15 is 0 Å². The average Bonchev–Trinajstić information content (AvgIpc) is 2.74. The number of rotatable bonds is 6. The topological polar surface area (TPSA) is 86.7 Å². The van der Waals surface area contributed by atoms with E-state index in [9.17, 15) is 19.5 Å². The van der Waals surface area contributed by atoms with Gasteiger partial charge in [0.2, 0.25) is 0 Å². The SMILES string of the molecule is CC(C)(CC(=O)c1ccc(-c2ccc(NC(=O)N3CCCCC3)cc2)cc1)C(=O)O. The number of piperidine rings is 1. The van der Waals surface area contributed by atoms with Crippen LogP contribution in [0.25, 0.3) is 11.1 Å². The third-order valence-corrected chi connectivity index (χ3v) is 5.50. The molecule has 30 heavy (non-hydrogen) atoms. The molecule has 6 nitrogen and oxygen atoms in total. The Labute approximate surface area is 176 Å². The van der Waals surface area contributed by atoms with Gasteiger partial charge in [0.25, 0.3) is 0 Å². The number of hydrogen-bond acceptors (Lipinski definition) is 3. The number of ketones is 1. The van der Waals surface area contributed by atoms with Crippen molar-refractivity contribution < 1.29 is 19.5 Å². The van der Waals surface area contributed by atoms with E-state index in [0.29, 0.717) is 5.56 Å². The van der Waals surface area contributed by atoms with Crippen molar-refractivity contribution in [3.63, 3.8) is 0 Å². The van der Waals surface area contributed by atoms with Gasteiger partial charge < -0.3 is 15.3 Å². The van der Waals surface area contributed by atoms with Crippen LogP contribution in [-0.2, 0) is 4.79 Å². The smallest absolute Gasteiger partial charge is 0.321 e. The predicted molar refractivity (Wildman–Crippen MR) is 117 cm³/mol. The van der Waals surface area contributed by atoms with E-state index in [1.807, 2.05) is 41.3 Å². The Morgan fingerprint density at radius 2 is 1.43 bits per heavy atom. The minimum absolute atomic E-state index is 0.0485. The minimum atomic E-state index is -1.09. The van der Waals surface area contributed by atoms with Crippen LogP contribution >= 0.6 is 0 Å². The summed E-state index contributed by atoms with van der Waals surface area (Å²) in [5.74, 6) is -1.18. The van der Waals surface area contributed by atoms with Crippen LogP contribution in [-0.4, -0.2) is 40.9 Å². The number of nitrogens with zero attached hydrogens (tertiary/aromatic N) is 1. The third kappa shape index (κ3) is 5.26. The first-order valence-electron chi connectivity index (χ1n) is 10.3. The lowest BCUT2D eigenvalue weighted by molar-refractivity contribution is -0.146. The lowest BCUT2D eigenvalue weighted by Crippen LogP contribution is -2.38. The maximum Gasteiger partial charge on any atom is 0.321 e. The van der Waals surface area contributed by atoms with E-state index in [1.165, 1.54) is 6.42 Å². The molecule has 0 aliphatic carbocycles. The number of nitrogens with one attached hydrogen (secondary N) is 1. The molecule has 1 fully saturated rings. The summed E-state index contributed by atoms with van der Waals surface area (Å²) < 4.78 is 0. The van der Waals surface area contributed by atoms with E-state index < -0.39 is 11.4 Å². The Hall–Kier alpha value is -3.15. The number of carbonyl (C=O) groups is 3. The van der Waals surface area contributed by atoms with Crippen LogP contribution in [0.15, 0.2) is 48.5 Å². The number of Topliss-reactive ketones (excluding diaryl/α,β-unsaturated/α-hetero) is 1. The normalized spacial score (nSPS) is 14.3. The van der Waals surface area contributed by atoms with E-state index in [2.05, 4.69) is 5.32 Å². The van der Waals surface area contributed by atoms with Crippen LogP contribution in [0.1, 0.15) is 49.9 Å². The number of urea groups is 1. The number of carbonyl (C=O) groups excluding carboxylic acids is 2. The van der Waals surface area contributed by atoms with Gasteiger partial charge in [0.15, 0.2) is 5.78 Å². The summed E-state index contributed by atoms with van der Waals surface area (Å²) in [6, 6.07) is 14.7. The van der Waals surface area contributed by atoms with Crippen LogP contribution in [0.2, 0.25) is 0 Å². The van der Waals surface area contributed by atoms with Crippen LogP contribution in [0.3, 0.4) is 0 Å². The highest BCUT2D eigenvalue weighted by Gasteiger charge is 2.30. The van der Waals surface area contributed by atoms with Crippen LogP contribution < -0.4 is 5.32 Å². The fourth-order valence-corrected chi connectivity index (χ4v) is 3.47. The largest absolute Gasteiger partial charge is 0.481 e. The van der Waals surface area contributed by atoms with Gasteiger partial charge in [-0.3, -0.25) is 9.59 Å². The average molecular weight is 408 g/mol. The molecular formula is C24H28N2O4. The molecule has 1 aliphatic heterocycles. The number of carboxylic acids is 1. The molecule has 0 atom stereocenters. The number of aliphatic carboxylic acids is 1. The number of anilines is 1. The van der Waals surface area contributed by atoms with Gasteiger partial charge in [0, 0.05) is 30.8 Å². The summed E-state index contributed by atoms with van der Waals surface area (Å²) in [7, 11) is 0. The summed E-state index contributed by atoms with van der Waals surface area (Å²) in [6.45, 7) is 4.71. The molecule has 2 N–H and O–H groups in total. The first-order valence-corrected chi connectivity index (χ1v) is 10.3. The molecule has 2 aromatic rings. The molecule has 0 aromatic heterocycles. The molecule has 1 saturated heterocycles. The first-order chi connectivity index (χ1) is 14.3. The minimum Gasteiger partial charge on any atom is -0.481 e. The molecule has 0 unspecified atom stereocenters. The molecule has 1 heterocycles. The predicted octanol–water partition coefficient (Wildman–Crippen LogP) is 5.06. The van der Waals surface area contributed by atoms with Crippen molar-refractivity contribution in [3.05, 3.63) is 54.1 Å². The van der Waals surface area contributed by atoms with Gasteiger partial charge in [-0.05, 0) is 56.4 Å². The van der Waals surface area contributed by atoms with Crippen molar-refractivity contribution in [1.29, 1.82) is 0 Å². The number of amides is 2. The summed E-state index contributed by atoms with van der Waals surface area (Å²) in [5, 5.41) is 12.1.